The lowest BCUT2D eigenvalue weighted by Gasteiger charge is -2.31. The zero-order chi connectivity index (χ0) is 12.1. The minimum Gasteiger partial charge on any atom is -0.347 e. The molecule has 0 aromatic rings. The maximum Gasteiger partial charge on any atom is 0.171 e. The van der Waals surface area contributed by atoms with Crippen LogP contribution in [0.25, 0.3) is 0 Å². The smallest absolute Gasteiger partial charge is 0.171 e. The highest BCUT2D eigenvalue weighted by Gasteiger charge is 2.51. The lowest BCUT2D eigenvalue weighted by molar-refractivity contribution is -0.185. The van der Waals surface area contributed by atoms with E-state index in [-0.39, 0.29) is 5.79 Å². The molecule has 1 aliphatic heterocycles. The Morgan fingerprint density at radius 3 is 2.71 bits per heavy atom. The van der Waals surface area contributed by atoms with E-state index in [4.69, 9.17) is 9.47 Å². The van der Waals surface area contributed by atoms with Crippen LogP contribution in [0.15, 0.2) is 12.2 Å². The summed E-state index contributed by atoms with van der Waals surface area (Å²) in [5.74, 6) is 1.05. The van der Waals surface area contributed by atoms with Gasteiger partial charge in [0.1, 0.15) is 0 Å². The lowest BCUT2D eigenvalue weighted by atomic mass is 9.87. The number of allylic oxidation sites excluding steroid dienone is 2. The molecule has 1 aliphatic carbocycles. The monoisotopic (exact) mass is 302 g/mol. The van der Waals surface area contributed by atoms with Crippen LogP contribution >= 0.6 is 15.9 Å². The van der Waals surface area contributed by atoms with E-state index in [1.807, 2.05) is 0 Å². The van der Waals surface area contributed by atoms with Crippen molar-refractivity contribution in [1.29, 1.82) is 0 Å². The van der Waals surface area contributed by atoms with Gasteiger partial charge in [-0.1, -0.05) is 35.0 Å². The molecule has 0 bridgehead atoms. The Labute approximate surface area is 113 Å². The van der Waals surface area contributed by atoms with E-state index >= 15 is 0 Å². The van der Waals surface area contributed by atoms with Gasteiger partial charge in [0, 0.05) is 17.7 Å². The average molecular weight is 303 g/mol. The van der Waals surface area contributed by atoms with Gasteiger partial charge in [0.2, 0.25) is 0 Å². The van der Waals surface area contributed by atoms with Crippen LogP contribution in [0.2, 0.25) is 0 Å². The third kappa shape index (κ3) is 2.94. The molecule has 2 atom stereocenters. The molecule has 2 fully saturated rings. The molecule has 0 N–H and O–H groups in total. The van der Waals surface area contributed by atoms with Crippen LogP contribution in [0.4, 0.5) is 0 Å². The van der Waals surface area contributed by atoms with Crippen LogP contribution in [0.1, 0.15) is 39.0 Å². The van der Waals surface area contributed by atoms with E-state index in [9.17, 15) is 0 Å². The van der Waals surface area contributed by atoms with Gasteiger partial charge in [-0.05, 0) is 31.6 Å². The number of hydrogen-bond acceptors (Lipinski definition) is 2. The number of halogens is 1. The Kier molecular flexibility index (Phi) is 5.07. The zero-order valence-corrected chi connectivity index (χ0v) is 12.2. The molecule has 2 nitrogen and oxygen atoms in total. The lowest BCUT2D eigenvalue weighted by Crippen LogP contribution is -2.36. The van der Waals surface area contributed by atoms with E-state index in [0.717, 1.165) is 43.7 Å². The summed E-state index contributed by atoms with van der Waals surface area (Å²) in [6, 6.07) is 0. The topological polar surface area (TPSA) is 18.5 Å². The predicted octanol–water partition coefficient (Wildman–Crippen LogP) is 3.90. The molecule has 0 unspecified atom stereocenters. The van der Waals surface area contributed by atoms with Gasteiger partial charge < -0.3 is 9.47 Å². The quantitative estimate of drug-likeness (QED) is 0.566. The first-order chi connectivity index (χ1) is 8.32. The molecule has 98 valence electrons. The molecule has 1 heterocycles. The normalized spacial score (nSPS) is 31.9. The van der Waals surface area contributed by atoms with Crippen molar-refractivity contribution in [3.8, 4) is 0 Å². The van der Waals surface area contributed by atoms with Crippen molar-refractivity contribution in [2.75, 3.05) is 18.5 Å². The second-order valence-electron chi connectivity index (χ2n) is 5.01. The van der Waals surface area contributed by atoms with Crippen LogP contribution in [0.3, 0.4) is 0 Å². The summed E-state index contributed by atoms with van der Waals surface area (Å²) >= 11 is 3.57. The maximum atomic E-state index is 5.95. The van der Waals surface area contributed by atoms with Crippen LogP contribution in [-0.4, -0.2) is 24.3 Å². The summed E-state index contributed by atoms with van der Waals surface area (Å²) in [5, 5.41) is 1.09. The summed E-state index contributed by atoms with van der Waals surface area (Å²) in [4.78, 5) is 0. The molecule has 17 heavy (non-hydrogen) atoms. The fraction of sp³-hybridized carbons (Fsp3) is 0.857. The largest absolute Gasteiger partial charge is 0.347 e. The summed E-state index contributed by atoms with van der Waals surface area (Å²) in [6.07, 6.45) is 10.3. The van der Waals surface area contributed by atoms with E-state index in [1.54, 1.807) is 0 Å². The predicted molar refractivity (Wildman–Crippen MR) is 73.3 cm³/mol. The Morgan fingerprint density at radius 1 is 1.29 bits per heavy atom. The number of ether oxygens (including phenoxy) is 2. The molecule has 2 rings (SSSR count). The Balaban J connectivity index is 2.03. The van der Waals surface area contributed by atoms with Gasteiger partial charge in [-0.15, -0.1) is 0 Å². The Morgan fingerprint density at radius 2 is 2.06 bits per heavy atom. The highest BCUT2D eigenvalue weighted by atomic mass is 79.9. The molecule has 0 amide bonds. The second kappa shape index (κ2) is 6.35. The van der Waals surface area contributed by atoms with Crippen molar-refractivity contribution in [2.24, 2.45) is 11.8 Å². The van der Waals surface area contributed by atoms with Crippen molar-refractivity contribution in [3.05, 3.63) is 12.2 Å². The molecule has 0 radical (unpaired) electrons. The molecule has 1 saturated carbocycles. The fourth-order valence-corrected chi connectivity index (χ4v) is 3.82. The molecule has 2 aliphatic rings. The van der Waals surface area contributed by atoms with E-state index in [2.05, 4.69) is 35.0 Å². The van der Waals surface area contributed by atoms with E-state index < -0.39 is 0 Å². The first-order valence-corrected chi connectivity index (χ1v) is 7.93. The summed E-state index contributed by atoms with van der Waals surface area (Å²) < 4.78 is 11.9. The van der Waals surface area contributed by atoms with Gasteiger partial charge in [-0.25, -0.2) is 0 Å². The van der Waals surface area contributed by atoms with E-state index in [0.29, 0.717) is 5.92 Å². The van der Waals surface area contributed by atoms with Gasteiger partial charge in [0.25, 0.3) is 0 Å². The first kappa shape index (κ1) is 13.6. The van der Waals surface area contributed by atoms with Gasteiger partial charge in [0.05, 0.1) is 13.2 Å². The highest BCUT2D eigenvalue weighted by Crippen LogP contribution is 2.49. The van der Waals surface area contributed by atoms with Gasteiger partial charge in [0.15, 0.2) is 5.79 Å². The van der Waals surface area contributed by atoms with Gasteiger partial charge in [-0.3, -0.25) is 0 Å². The van der Waals surface area contributed by atoms with Crippen LogP contribution in [0.5, 0.6) is 0 Å². The summed E-state index contributed by atoms with van der Waals surface area (Å²) in [7, 11) is 0. The standard InChI is InChI=1S/C14H23BrO2/c1-2-3-4-5-13-12(7-9-15)6-8-14(13)16-10-11-17-14/h3-4,12-13H,2,5-11H2,1H3/b4-3-/t12-,13-/m1/s1. The fourth-order valence-electron chi connectivity index (χ4n) is 3.23. The average Bonchev–Trinajstić information content (AvgIpc) is 2.92. The number of hydrogen-bond donors (Lipinski definition) is 0. The maximum absolute atomic E-state index is 5.95. The van der Waals surface area contributed by atoms with Crippen molar-refractivity contribution in [1.82, 2.24) is 0 Å². The number of alkyl halides is 1. The molecule has 1 saturated heterocycles. The third-order valence-electron chi connectivity index (χ3n) is 4.05. The van der Waals surface area contributed by atoms with E-state index in [1.165, 1.54) is 12.8 Å². The zero-order valence-electron chi connectivity index (χ0n) is 10.7. The minimum absolute atomic E-state index is 0.245. The third-order valence-corrected chi connectivity index (χ3v) is 4.50. The van der Waals surface area contributed by atoms with Gasteiger partial charge >= 0.3 is 0 Å². The number of rotatable bonds is 5. The molecule has 1 spiro atoms. The SMILES string of the molecule is CC/C=C\C[C@@H]1[C@@H](CCBr)CCC12OCCO2. The molecular weight excluding hydrogens is 280 g/mol. The molecule has 0 aromatic heterocycles. The molecular formula is C14H23BrO2. The van der Waals surface area contributed by atoms with Crippen molar-refractivity contribution in [3.63, 3.8) is 0 Å². The molecule has 0 aromatic carbocycles. The Hall–Kier alpha value is 0.140. The molecule has 3 heteroatoms. The summed E-state index contributed by atoms with van der Waals surface area (Å²) in [5.41, 5.74) is 0. The first-order valence-electron chi connectivity index (χ1n) is 6.81. The van der Waals surface area contributed by atoms with Crippen LogP contribution < -0.4 is 0 Å². The minimum atomic E-state index is -0.245. The van der Waals surface area contributed by atoms with Crippen LogP contribution in [0, 0.1) is 11.8 Å². The summed E-state index contributed by atoms with van der Waals surface area (Å²) in [6.45, 7) is 3.73. The highest BCUT2D eigenvalue weighted by molar-refractivity contribution is 9.09. The van der Waals surface area contributed by atoms with Gasteiger partial charge in [-0.2, -0.15) is 0 Å². The Bertz CT molecular complexity index is 259. The van der Waals surface area contributed by atoms with Crippen LogP contribution in [-0.2, 0) is 9.47 Å². The second-order valence-corrected chi connectivity index (χ2v) is 5.80. The van der Waals surface area contributed by atoms with Crippen molar-refractivity contribution < 1.29 is 9.47 Å². The van der Waals surface area contributed by atoms with Crippen molar-refractivity contribution >= 4 is 15.9 Å². The van der Waals surface area contributed by atoms with Crippen molar-refractivity contribution in [2.45, 2.75) is 44.8 Å².